The van der Waals surface area contributed by atoms with E-state index >= 15 is 0 Å². The van der Waals surface area contributed by atoms with Crippen LogP contribution >= 0.6 is 0 Å². The van der Waals surface area contributed by atoms with E-state index in [4.69, 9.17) is 10.5 Å². The van der Waals surface area contributed by atoms with Gasteiger partial charge < -0.3 is 15.4 Å². The van der Waals surface area contributed by atoms with Crippen LogP contribution in [0.25, 0.3) is 0 Å². The van der Waals surface area contributed by atoms with Gasteiger partial charge in [-0.1, -0.05) is 51.1 Å². The van der Waals surface area contributed by atoms with Gasteiger partial charge in [0.2, 0.25) is 5.91 Å². The van der Waals surface area contributed by atoms with E-state index in [-0.39, 0.29) is 11.3 Å². The topological polar surface area (TPSA) is 55.6 Å². The molecule has 1 atom stereocenters. The third-order valence-corrected chi connectivity index (χ3v) is 3.26. The van der Waals surface area contributed by atoms with Gasteiger partial charge in [0.05, 0.1) is 19.3 Å². The average molecular weight is 278 g/mol. The highest BCUT2D eigenvalue weighted by Gasteiger charge is 2.29. The number of carbonyl (C=O) groups is 1. The van der Waals surface area contributed by atoms with Crippen LogP contribution in [0.4, 0.5) is 0 Å². The smallest absolute Gasteiger partial charge is 0.239 e. The molecule has 0 radical (unpaired) electrons. The molecule has 0 aliphatic rings. The molecule has 0 aromatic heterocycles. The highest BCUT2D eigenvalue weighted by Crippen LogP contribution is 2.18. The first-order chi connectivity index (χ1) is 9.32. The summed E-state index contributed by atoms with van der Waals surface area (Å²) in [4.78, 5) is 13.7. The van der Waals surface area contributed by atoms with Gasteiger partial charge in [0.25, 0.3) is 0 Å². The summed E-state index contributed by atoms with van der Waals surface area (Å²) in [5.41, 5.74) is 6.86. The van der Waals surface area contributed by atoms with Gasteiger partial charge in [-0.05, 0) is 11.0 Å². The number of amides is 1. The van der Waals surface area contributed by atoms with E-state index in [2.05, 4.69) is 0 Å². The van der Waals surface area contributed by atoms with Crippen molar-refractivity contribution in [3.63, 3.8) is 0 Å². The molecule has 112 valence electrons. The number of likely N-dealkylation sites (N-methyl/N-ethyl adjacent to an activating group) is 1. The molecule has 0 aliphatic carbocycles. The highest BCUT2D eigenvalue weighted by molar-refractivity contribution is 5.82. The van der Waals surface area contributed by atoms with E-state index in [9.17, 15) is 4.79 Å². The summed E-state index contributed by atoms with van der Waals surface area (Å²) in [5, 5.41) is 0. The normalized spacial score (nSPS) is 13.1. The molecule has 0 saturated heterocycles. The van der Waals surface area contributed by atoms with Crippen molar-refractivity contribution in [2.45, 2.75) is 33.4 Å². The first kappa shape index (κ1) is 16.7. The van der Waals surface area contributed by atoms with Crippen molar-refractivity contribution in [2.24, 2.45) is 11.1 Å². The number of ether oxygens (including phenoxy) is 1. The zero-order valence-corrected chi connectivity index (χ0v) is 12.9. The van der Waals surface area contributed by atoms with Gasteiger partial charge >= 0.3 is 0 Å². The van der Waals surface area contributed by atoms with E-state index < -0.39 is 6.04 Å². The van der Waals surface area contributed by atoms with Crippen LogP contribution in [0.5, 0.6) is 0 Å². The SMILES string of the molecule is CN(CCOCc1ccccc1)C(=O)[C@@H](N)C(C)(C)C. The molecular weight excluding hydrogens is 252 g/mol. The lowest BCUT2D eigenvalue weighted by atomic mass is 9.86. The van der Waals surface area contributed by atoms with Gasteiger partial charge in [-0.3, -0.25) is 4.79 Å². The minimum absolute atomic E-state index is 0.0409. The fourth-order valence-corrected chi connectivity index (χ4v) is 1.68. The summed E-state index contributed by atoms with van der Waals surface area (Å²) in [6.07, 6.45) is 0. The molecule has 1 rings (SSSR count). The van der Waals surface area contributed by atoms with Gasteiger partial charge in [-0.25, -0.2) is 0 Å². The molecule has 0 fully saturated rings. The molecule has 0 bridgehead atoms. The van der Waals surface area contributed by atoms with Gasteiger partial charge in [0, 0.05) is 13.6 Å². The van der Waals surface area contributed by atoms with Crippen LogP contribution in [-0.4, -0.2) is 37.0 Å². The Morgan fingerprint density at radius 1 is 1.30 bits per heavy atom. The van der Waals surface area contributed by atoms with Crippen LogP contribution in [0.1, 0.15) is 26.3 Å². The lowest BCUT2D eigenvalue weighted by Gasteiger charge is -2.29. The third-order valence-electron chi connectivity index (χ3n) is 3.26. The predicted octanol–water partition coefficient (Wildman–Crippen LogP) is 2.03. The second-order valence-electron chi connectivity index (χ2n) is 6.14. The number of hydrogen-bond acceptors (Lipinski definition) is 3. The maximum Gasteiger partial charge on any atom is 0.239 e. The minimum atomic E-state index is -0.485. The van der Waals surface area contributed by atoms with Crippen LogP contribution in [0, 0.1) is 5.41 Å². The molecular formula is C16H26N2O2. The molecule has 0 heterocycles. The highest BCUT2D eigenvalue weighted by atomic mass is 16.5. The largest absolute Gasteiger partial charge is 0.375 e. The molecule has 4 heteroatoms. The predicted molar refractivity (Wildman–Crippen MR) is 81.2 cm³/mol. The summed E-state index contributed by atoms with van der Waals surface area (Å²) < 4.78 is 5.57. The van der Waals surface area contributed by atoms with Gasteiger partial charge in [0.1, 0.15) is 0 Å². The molecule has 0 saturated carbocycles. The van der Waals surface area contributed by atoms with E-state index in [0.29, 0.717) is 19.8 Å². The van der Waals surface area contributed by atoms with Crippen LogP contribution in [0.2, 0.25) is 0 Å². The van der Waals surface area contributed by atoms with Crippen molar-refractivity contribution in [3.8, 4) is 0 Å². The van der Waals surface area contributed by atoms with Crippen LogP contribution in [0.15, 0.2) is 30.3 Å². The molecule has 0 unspecified atom stereocenters. The fraction of sp³-hybridized carbons (Fsp3) is 0.562. The number of nitrogens with two attached hydrogens (primary N) is 1. The van der Waals surface area contributed by atoms with Crippen LogP contribution in [-0.2, 0) is 16.1 Å². The van der Waals surface area contributed by atoms with Crippen molar-refractivity contribution in [2.75, 3.05) is 20.2 Å². The lowest BCUT2D eigenvalue weighted by Crippen LogP contribution is -2.49. The Bertz CT molecular complexity index is 412. The van der Waals surface area contributed by atoms with Crippen LogP contribution < -0.4 is 5.73 Å². The summed E-state index contributed by atoms with van der Waals surface area (Å²) in [6.45, 7) is 7.53. The molecule has 1 aromatic rings. The average Bonchev–Trinajstić information content (AvgIpc) is 2.41. The summed E-state index contributed by atoms with van der Waals surface area (Å²) in [5.74, 6) is -0.0409. The zero-order chi connectivity index (χ0) is 15.2. The van der Waals surface area contributed by atoms with Crippen molar-refractivity contribution in [3.05, 3.63) is 35.9 Å². The van der Waals surface area contributed by atoms with E-state index in [1.54, 1.807) is 11.9 Å². The standard InChI is InChI=1S/C16H26N2O2/c1-16(2,3)14(17)15(19)18(4)10-11-20-12-13-8-6-5-7-9-13/h5-9,14H,10-12,17H2,1-4H3/t14-/m1/s1. The van der Waals surface area contributed by atoms with E-state index in [1.807, 2.05) is 51.1 Å². The quantitative estimate of drug-likeness (QED) is 0.810. The van der Waals surface area contributed by atoms with Crippen molar-refractivity contribution in [1.29, 1.82) is 0 Å². The van der Waals surface area contributed by atoms with Crippen molar-refractivity contribution >= 4 is 5.91 Å². The summed E-state index contributed by atoms with van der Waals surface area (Å²) in [7, 11) is 1.76. The Morgan fingerprint density at radius 3 is 2.45 bits per heavy atom. The Kier molecular flexibility index (Phi) is 6.17. The fourth-order valence-electron chi connectivity index (χ4n) is 1.68. The Hall–Kier alpha value is -1.39. The maximum atomic E-state index is 12.1. The first-order valence-corrected chi connectivity index (χ1v) is 6.94. The molecule has 1 aromatic carbocycles. The van der Waals surface area contributed by atoms with Crippen molar-refractivity contribution < 1.29 is 9.53 Å². The number of hydrogen-bond donors (Lipinski definition) is 1. The molecule has 1 amide bonds. The molecule has 0 aliphatic heterocycles. The lowest BCUT2D eigenvalue weighted by molar-refractivity contribution is -0.134. The first-order valence-electron chi connectivity index (χ1n) is 6.94. The minimum Gasteiger partial charge on any atom is -0.375 e. The van der Waals surface area contributed by atoms with E-state index in [0.717, 1.165) is 5.56 Å². The number of carbonyl (C=O) groups excluding carboxylic acids is 1. The molecule has 0 spiro atoms. The molecule has 4 nitrogen and oxygen atoms in total. The summed E-state index contributed by atoms with van der Waals surface area (Å²) >= 11 is 0. The number of benzene rings is 1. The van der Waals surface area contributed by atoms with Gasteiger partial charge in [0.15, 0.2) is 0 Å². The van der Waals surface area contributed by atoms with E-state index in [1.165, 1.54) is 0 Å². The Labute approximate surface area is 121 Å². The molecule has 2 N–H and O–H groups in total. The van der Waals surface area contributed by atoms with Crippen molar-refractivity contribution in [1.82, 2.24) is 4.90 Å². The Morgan fingerprint density at radius 2 is 1.90 bits per heavy atom. The number of nitrogens with zero attached hydrogens (tertiary/aromatic N) is 1. The Balaban J connectivity index is 2.30. The zero-order valence-electron chi connectivity index (χ0n) is 12.9. The van der Waals surface area contributed by atoms with Gasteiger partial charge in [-0.2, -0.15) is 0 Å². The second kappa shape index (κ2) is 7.41. The second-order valence-corrected chi connectivity index (χ2v) is 6.14. The third kappa shape index (κ3) is 5.31. The maximum absolute atomic E-state index is 12.1. The van der Waals surface area contributed by atoms with Gasteiger partial charge in [-0.15, -0.1) is 0 Å². The number of rotatable bonds is 6. The van der Waals surface area contributed by atoms with Crippen LogP contribution in [0.3, 0.4) is 0 Å². The monoisotopic (exact) mass is 278 g/mol. The summed E-state index contributed by atoms with van der Waals surface area (Å²) in [6, 6.07) is 9.49. The molecule has 20 heavy (non-hydrogen) atoms.